The monoisotopic (exact) mass is 279 g/mol. The first kappa shape index (κ1) is 15.8. The van der Waals surface area contributed by atoms with Crippen LogP contribution in [0.3, 0.4) is 0 Å². The summed E-state index contributed by atoms with van der Waals surface area (Å²) in [5.41, 5.74) is 2.47. The lowest BCUT2D eigenvalue weighted by Crippen LogP contribution is -2.35. The van der Waals surface area contributed by atoms with Crippen molar-refractivity contribution < 1.29 is 9.90 Å². The molecule has 0 fully saturated rings. The molecule has 1 rings (SSSR count). The van der Waals surface area contributed by atoms with E-state index < -0.39 is 0 Å². The van der Waals surface area contributed by atoms with E-state index in [4.69, 9.17) is 5.11 Å². The van der Waals surface area contributed by atoms with Gasteiger partial charge in [0.1, 0.15) is 0 Å². The SMILES string of the molecule is C=CCN(CCO)C(=O)CSCc1cccc(C)c1. The van der Waals surface area contributed by atoms with Crippen LogP contribution in [0, 0.1) is 6.92 Å². The number of hydrogen-bond donors (Lipinski definition) is 1. The van der Waals surface area contributed by atoms with E-state index in [0.717, 1.165) is 5.75 Å². The quantitative estimate of drug-likeness (QED) is 0.742. The number of benzene rings is 1. The first-order chi connectivity index (χ1) is 9.17. The van der Waals surface area contributed by atoms with E-state index in [2.05, 4.69) is 31.7 Å². The zero-order valence-corrected chi connectivity index (χ0v) is 12.2. The van der Waals surface area contributed by atoms with Gasteiger partial charge in [-0.2, -0.15) is 0 Å². The fourth-order valence-electron chi connectivity index (χ4n) is 1.74. The molecule has 104 valence electrons. The Morgan fingerprint density at radius 2 is 2.32 bits per heavy atom. The second-order valence-electron chi connectivity index (χ2n) is 4.33. The van der Waals surface area contributed by atoms with Crippen LogP contribution in [0.5, 0.6) is 0 Å². The Bertz CT molecular complexity index is 420. The second kappa shape index (κ2) is 8.77. The third-order valence-corrected chi connectivity index (χ3v) is 3.64. The lowest BCUT2D eigenvalue weighted by Gasteiger charge is -2.19. The highest BCUT2D eigenvalue weighted by Crippen LogP contribution is 2.14. The predicted molar refractivity (Wildman–Crippen MR) is 81.2 cm³/mol. The minimum atomic E-state index is -0.0118. The molecular weight excluding hydrogens is 258 g/mol. The number of rotatable bonds is 8. The minimum Gasteiger partial charge on any atom is -0.395 e. The molecule has 1 aromatic carbocycles. The maximum atomic E-state index is 11.9. The van der Waals surface area contributed by atoms with Gasteiger partial charge in [0.05, 0.1) is 12.4 Å². The molecular formula is C15H21NO2S. The Kier molecular flexibility index (Phi) is 7.30. The molecule has 1 amide bonds. The van der Waals surface area contributed by atoms with E-state index in [0.29, 0.717) is 18.8 Å². The van der Waals surface area contributed by atoms with Gasteiger partial charge < -0.3 is 10.0 Å². The van der Waals surface area contributed by atoms with Crippen molar-refractivity contribution in [3.63, 3.8) is 0 Å². The summed E-state index contributed by atoms with van der Waals surface area (Å²) in [6.45, 7) is 6.53. The summed E-state index contributed by atoms with van der Waals surface area (Å²) in [5.74, 6) is 1.31. The van der Waals surface area contributed by atoms with Gasteiger partial charge in [0.2, 0.25) is 5.91 Å². The third kappa shape index (κ3) is 5.94. The van der Waals surface area contributed by atoms with Crippen LogP contribution < -0.4 is 0 Å². The van der Waals surface area contributed by atoms with Crippen LogP contribution in [0.2, 0.25) is 0 Å². The van der Waals surface area contributed by atoms with Crippen LogP contribution in [0.4, 0.5) is 0 Å². The Morgan fingerprint density at radius 1 is 1.53 bits per heavy atom. The molecule has 0 aliphatic carbocycles. The van der Waals surface area contributed by atoms with Gasteiger partial charge in [0.25, 0.3) is 0 Å². The first-order valence-electron chi connectivity index (χ1n) is 6.30. The zero-order valence-electron chi connectivity index (χ0n) is 11.3. The van der Waals surface area contributed by atoms with E-state index in [9.17, 15) is 4.79 Å². The Balaban J connectivity index is 2.38. The molecule has 0 bridgehead atoms. The normalized spacial score (nSPS) is 10.2. The van der Waals surface area contributed by atoms with Gasteiger partial charge in [-0.3, -0.25) is 4.79 Å². The molecule has 0 aliphatic rings. The van der Waals surface area contributed by atoms with Gasteiger partial charge in [-0.1, -0.05) is 35.9 Å². The molecule has 4 heteroatoms. The molecule has 0 spiro atoms. The average molecular weight is 279 g/mol. The average Bonchev–Trinajstić information content (AvgIpc) is 2.38. The molecule has 1 N–H and O–H groups in total. The Hall–Kier alpha value is -1.26. The van der Waals surface area contributed by atoms with Gasteiger partial charge >= 0.3 is 0 Å². The van der Waals surface area contributed by atoms with Crippen LogP contribution in [0.1, 0.15) is 11.1 Å². The topological polar surface area (TPSA) is 40.5 Å². The fourth-order valence-corrected chi connectivity index (χ4v) is 2.62. The number of carbonyl (C=O) groups excluding carboxylic acids is 1. The molecule has 0 saturated heterocycles. The fraction of sp³-hybridized carbons (Fsp3) is 0.400. The molecule has 0 radical (unpaired) electrons. The predicted octanol–water partition coefficient (Wildman–Crippen LogP) is 2.24. The number of aliphatic hydroxyl groups excluding tert-OH is 1. The number of carbonyl (C=O) groups is 1. The van der Waals surface area contributed by atoms with Crippen LogP contribution in [0.25, 0.3) is 0 Å². The van der Waals surface area contributed by atoms with E-state index in [1.54, 1.807) is 22.7 Å². The van der Waals surface area contributed by atoms with Crippen molar-refractivity contribution in [3.05, 3.63) is 48.0 Å². The maximum Gasteiger partial charge on any atom is 0.232 e. The maximum absolute atomic E-state index is 11.9. The summed E-state index contributed by atoms with van der Waals surface area (Å²) in [6.07, 6.45) is 1.68. The van der Waals surface area contributed by atoms with E-state index >= 15 is 0 Å². The molecule has 0 unspecified atom stereocenters. The zero-order chi connectivity index (χ0) is 14.1. The van der Waals surface area contributed by atoms with Crippen molar-refractivity contribution in [2.75, 3.05) is 25.4 Å². The van der Waals surface area contributed by atoms with Crippen molar-refractivity contribution in [1.29, 1.82) is 0 Å². The van der Waals surface area contributed by atoms with E-state index in [1.165, 1.54) is 11.1 Å². The number of nitrogens with zero attached hydrogens (tertiary/aromatic N) is 1. The molecule has 0 saturated carbocycles. The summed E-state index contributed by atoms with van der Waals surface area (Å²) in [5, 5.41) is 8.91. The molecule has 0 aliphatic heterocycles. The van der Waals surface area contributed by atoms with Crippen LogP contribution in [-0.2, 0) is 10.5 Å². The standard InChI is InChI=1S/C15H21NO2S/c1-3-7-16(8-9-17)15(18)12-19-11-14-6-4-5-13(2)10-14/h3-6,10,17H,1,7-9,11-12H2,2H3. The summed E-state index contributed by atoms with van der Waals surface area (Å²) >= 11 is 1.60. The molecule has 0 atom stereocenters. The lowest BCUT2D eigenvalue weighted by molar-refractivity contribution is -0.128. The Morgan fingerprint density at radius 3 is 2.95 bits per heavy atom. The minimum absolute atomic E-state index is 0.0118. The number of hydrogen-bond acceptors (Lipinski definition) is 3. The van der Waals surface area contributed by atoms with Crippen molar-refractivity contribution in [3.8, 4) is 0 Å². The number of aliphatic hydroxyl groups is 1. The summed E-state index contributed by atoms with van der Waals surface area (Å²) in [7, 11) is 0. The second-order valence-corrected chi connectivity index (χ2v) is 5.32. The third-order valence-electron chi connectivity index (χ3n) is 2.65. The molecule has 0 heterocycles. The van der Waals surface area contributed by atoms with Gasteiger partial charge in [0, 0.05) is 18.8 Å². The van der Waals surface area contributed by atoms with Crippen LogP contribution in [0.15, 0.2) is 36.9 Å². The largest absolute Gasteiger partial charge is 0.395 e. The van der Waals surface area contributed by atoms with Crippen molar-refractivity contribution in [1.82, 2.24) is 4.90 Å². The van der Waals surface area contributed by atoms with Crippen LogP contribution >= 0.6 is 11.8 Å². The van der Waals surface area contributed by atoms with Crippen molar-refractivity contribution in [2.45, 2.75) is 12.7 Å². The highest BCUT2D eigenvalue weighted by Gasteiger charge is 2.11. The first-order valence-corrected chi connectivity index (χ1v) is 7.45. The van der Waals surface area contributed by atoms with Crippen molar-refractivity contribution >= 4 is 17.7 Å². The summed E-state index contributed by atoms with van der Waals surface area (Å²) in [6, 6.07) is 8.29. The van der Waals surface area contributed by atoms with E-state index in [1.807, 2.05) is 6.07 Å². The summed E-state index contributed by atoms with van der Waals surface area (Å²) < 4.78 is 0. The molecule has 0 aromatic heterocycles. The number of thioether (sulfide) groups is 1. The smallest absolute Gasteiger partial charge is 0.232 e. The highest BCUT2D eigenvalue weighted by molar-refractivity contribution is 7.99. The Labute approximate surface area is 119 Å². The van der Waals surface area contributed by atoms with Crippen LogP contribution in [-0.4, -0.2) is 41.4 Å². The van der Waals surface area contributed by atoms with E-state index in [-0.39, 0.29) is 12.5 Å². The lowest BCUT2D eigenvalue weighted by atomic mass is 10.2. The molecule has 1 aromatic rings. The summed E-state index contributed by atoms with van der Waals surface area (Å²) in [4.78, 5) is 13.5. The van der Waals surface area contributed by atoms with Gasteiger partial charge in [0.15, 0.2) is 0 Å². The van der Waals surface area contributed by atoms with Gasteiger partial charge in [-0.05, 0) is 12.5 Å². The van der Waals surface area contributed by atoms with Gasteiger partial charge in [-0.15, -0.1) is 18.3 Å². The molecule has 3 nitrogen and oxygen atoms in total. The van der Waals surface area contributed by atoms with Crippen molar-refractivity contribution in [2.24, 2.45) is 0 Å². The van der Waals surface area contributed by atoms with Gasteiger partial charge in [-0.25, -0.2) is 0 Å². The highest BCUT2D eigenvalue weighted by atomic mass is 32.2. The molecule has 19 heavy (non-hydrogen) atoms. The number of amides is 1. The number of aryl methyl sites for hydroxylation is 1.